The Labute approximate surface area is 218 Å². The maximum atomic E-state index is 12.4. The Morgan fingerprint density at radius 2 is 1.65 bits per heavy atom. The number of hydrogen-bond acceptors (Lipinski definition) is 5. The van der Waals surface area contributed by atoms with Crippen LogP contribution in [-0.4, -0.2) is 35.5 Å². The largest absolute Gasteiger partial charge is 0.337 e. The van der Waals surface area contributed by atoms with Gasteiger partial charge in [-0.25, -0.2) is 27.9 Å². The highest BCUT2D eigenvalue weighted by Gasteiger charge is 2.18. The molecule has 0 atom stereocenters. The number of sulfonamides is 1. The van der Waals surface area contributed by atoms with Gasteiger partial charge in [0.25, 0.3) is 10.0 Å². The molecule has 0 bridgehead atoms. The maximum Gasteiger partial charge on any atom is 0.328 e. The fourth-order valence-electron chi connectivity index (χ4n) is 4.25. The van der Waals surface area contributed by atoms with E-state index in [1.807, 2.05) is 38.1 Å². The molecule has 2 aromatic heterocycles. The Morgan fingerprint density at radius 3 is 2.30 bits per heavy atom. The Bertz CT molecular complexity index is 1520. The van der Waals surface area contributed by atoms with Crippen LogP contribution in [-0.2, 0) is 22.9 Å². The number of aryl methyl sites for hydroxylation is 3. The van der Waals surface area contributed by atoms with Crippen LogP contribution in [0.3, 0.4) is 0 Å². The normalized spacial score (nSPS) is 11.7. The van der Waals surface area contributed by atoms with Gasteiger partial charge in [-0.05, 0) is 74.6 Å². The Morgan fingerprint density at radius 1 is 0.973 bits per heavy atom. The molecule has 0 aliphatic heterocycles. The third-order valence-electron chi connectivity index (χ3n) is 6.05. The summed E-state index contributed by atoms with van der Waals surface area (Å²) in [6.07, 6.45) is 1.39. The molecule has 8 nitrogen and oxygen atoms in total. The van der Waals surface area contributed by atoms with Gasteiger partial charge in [-0.2, -0.15) is 0 Å². The summed E-state index contributed by atoms with van der Waals surface area (Å²) in [5, 5.41) is 2.62. The van der Waals surface area contributed by atoms with Gasteiger partial charge < -0.3 is 5.32 Å². The maximum absolute atomic E-state index is 12.4. The molecule has 9 heteroatoms. The molecule has 0 spiro atoms. The van der Waals surface area contributed by atoms with E-state index in [1.165, 1.54) is 12.1 Å². The molecule has 2 heterocycles. The molecule has 37 heavy (non-hydrogen) atoms. The van der Waals surface area contributed by atoms with Crippen molar-refractivity contribution in [3.8, 4) is 5.69 Å². The molecule has 2 amide bonds. The summed E-state index contributed by atoms with van der Waals surface area (Å²) in [7, 11) is -3.92. The third kappa shape index (κ3) is 6.17. The van der Waals surface area contributed by atoms with Crippen LogP contribution >= 0.6 is 0 Å². The van der Waals surface area contributed by atoms with Crippen molar-refractivity contribution in [2.45, 2.75) is 52.4 Å². The average molecular weight is 520 g/mol. The van der Waals surface area contributed by atoms with E-state index in [1.54, 1.807) is 12.1 Å². The Balaban J connectivity index is 1.44. The molecule has 2 N–H and O–H groups in total. The Hall–Kier alpha value is -3.72. The predicted octanol–water partition coefficient (Wildman–Crippen LogP) is 4.77. The van der Waals surface area contributed by atoms with Crippen molar-refractivity contribution in [2.75, 3.05) is 6.54 Å². The molecular weight excluding hydrogens is 486 g/mol. The van der Waals surface area contributed by atoms with Gasteiger partial charge in [-0.3, -0.25) is 4.57 Å². The summed E-state index contributed by atoms with van der Waals surface area (Å²) < 4.78 is 28.9. The molecule has 0 radical (unpaired) electrons. The number of aromatic nitrogens is 3. The fourth-order valence-corrected chi connectivity index (χ4v) is 5.17. The standard InChI is InChI=1S/C28H33N5O3S/c1-18(2)16-25-31-26-20(4)17-21(5)30-27(26)33(25)23-10-8-22(9-11-23)14-15-29-28(34)32-37(35,36)24-12-6-19(3)7-13-24/h6-13,17-18H,14-16H2,1-5H3,(H2,29,32,34). The second-order valence-corrected chi connectivity index (χ2v) is 11.5. The van der Waals surface area contributed by atoms with Gasteiger partial charge in [0.15, 0.2) is 5.65 Å². The van der Waals surface area contributed by atoms with E-state index in [0.29, 0.717) is 18.9 Å². The summed E-state index contributed by atoms with van der Waals surface area (Å²) in [6, 6.07) is 15.7. The van der Waals surface area contributed by atoms with E-state index in [-0.39, 0.29) is 4.90 Å². The number of rotatable bonds is 8. The number of carbonyl (C=O) groups excluding carboxylic acids is 1. The van der Waals surface area contributed by atoms with Gasteiger partial charge >= 0.3 is 6.03 Å². The lowest BCUT2D eigenvalue weighted by Crippen LogP contribution is -2.40. The van der Waals surface area contributed by atoms with Gasteiger partial charge in [0, 0.05) is 24.3 Å². The number of fused-ring (bicyclic) bond motifs is 1. The number of pyridine rings is 1. The van der Waals surface area contributed by atoms with Crippen molar-refractivity contribution < 1.29 is 13.2 Å². The summed E-state index contributed by atoms with van der Waals surface area (Å²) in [6.45, 7) is 10.6. The lowest BCUT2D eigenvalue weighted by molar-refractivity contribution is 0.246. The SMILES string of the molecule is Cc1ccc(S(=O)(=O)NC(=O)NCCc2ccc(-n3c(CC(C)C)nc4c(C)cc(C)nc43)cc2)cc1. The van der Waals surface area contributed by atoms with Gasteiger partial charge in [-0.1, -0.05) is 43.7 Å². The third-order valence-corrected chi connectivity index (χ3v) is 7.39. The van der Waals surface area contributed by atoms with Crippen molar-refractivity contribution >= 4 is 27.2 Å². The number of amides is 2. The Kier molecular flexibility index (Phi) is 7.63. The van der Waals surface area contributed by atoms with Crippen LogP contribution in [0.5, 0.6) is 0 Å². The van der Waals surface area contributed by atoms with Crippen molar-refractivity contribution in [1.29, 1.82) is 0 Å². The minimum absolute atomic E-state index is 0.0487. The monoisotopic (exact) mass is 519 g/mol. The molecule has 0 saturated heterocycles. The number of imidazole rings is 1. The highest BCUT2D eigenvalue weighted by Crippen LogP contribution is 2.25. The number of nitrogens with one attached hydrogen (secondary N) is 2. The first-order valence-electron chi connectivity index (χ1n) is 12.4. The molecule has 4 rings (SSSR count). The molecule has 0 unspecified atom stereocenters. The van der Waals surface area contributed by atoms with E-state index >= 15 is 0 Å². The number of benzene rings is 2. The number of nitrogens with zero attached hydrogens (tertiary/aromatic N) is 3. The van der Waals surface area contributed by atoms with Crippen LogP contribution in [0.4, 0.5) is 4.79 Å². The highest BCUT2D eigenvalue weighted by atomic mass is 32.2. The summed E-state index contributed by atoms with van der Waals surface area (Å²) in [5.74, 6) is 1.43. The van der Waals surface area contributed by atoms with Crippen LogP contribution < -0.4 is 10.0 Å². The van der Waals surface area contributed by atoms with Gasteiger partial charge in [0.1, 0.15) is 11.3 Å². The number of urea groups is 1. The van der Waals surface area contributed by atoms with Crippen LogP contribution in [0.2, 0.25) is 0 Å². The molecule has 0 aliphatic carbocycles. The predicted molar refractivity (Wildman–Crippen MR) is 145 cm³/mol. The average Bonchev–Trinajstić information content (AvgIpc) is 3.17. The van der Waals surface area contributed by atoms with Crippen LogP contribution in [0.1, 0.15) is 42.1 Å². The van der Waals surface area contributed by atoms with Gasteiger partial charge in [0.2, 0.25) is 0 Å². The highest BCUT2D eigenvalue weighted by molar-refractivity contribution is 7.90. The topological polar surface area (TPSA) is 106 Å². The minimum Gasteiger partial charge on any atom is -0.337 e. The number of carbonyl (C=O) groups is 1. The quantitative estimate of drug-likeness (QED) is 0.349. The molecule has 0 fully saturated rings. The van der Waals surface area contributed by atoms with Crippen molar-refractivity contribution in [3.05, 3.63) is 82.8 Å². The zero-order chi connectivity index (χ0) is 26.7. The van der Waals surface area contributed by atoms with Crippen LogP contribution in [0.15, 0.2) is 59.5 Å². The molecule has 194 valence electrons. The first kappa shape index (κ1) is 26.3. The zero-order valence-corrected chi connectivity index (χ0v) is 22.7. The number of hydrogen-bond donors (Lipinski definition) is 2. The summed E-state index contributed by atoms with van der Waals surface area (Å²) in [5.41, 5.74) is 6.77. The molecule has 4 aromatic rings. The summed E-state index contributed by atoms with van der Waals surface area (Å²) >= 11 is 0. The van der Waals surface area contributed by atoms with E-state index in [4.69, 9.17) is 9.97 Å². The lowest BCUT2D eigenvalue weighted by Gasteiger charge is -2.12. The zero-order valence-electron chi connectivity index (χ0n) is 21.9. The van der Waals surface area contributed by atoms with E-state index in [9.17, 15) is 13.2 Å². The van der Waals surface area contributed by atoms with E-state index in [2.05, 4.69) is 41.4 Å². The lowest BCUT2D eigenvalue weighted by atomic mass is 10.1. The van der Waals surface area contributed by atoms with E-state index < -0.39 is 16.1 Å². The molecular formula is C28H33N5O3S. The van der Waals surface area contributed by atoms with Crippen molar-refractivity contribution in [3.63, 3.8) is 0 Å². The van der Waals surface area contributed by atoms with Gasteiger partial charge in [0.05, 0.1) is 4.90 Å². The van der Waals surface area contributed by atoms with Crippen molar-refractivity contribution in [1.82, 2.24) is 24.6 Å². The molecule has 2 aromatic carbocycles. The second-order valence-electron chi connectivity index (χ2n) is 9.81. The fraction of sp³-hybridized carbons (Fsp3) is 0.321. The van der Waals surface area contributed by atoms with Crippen molar-refractivity contribution in [2.24, 2.45) is 5.92 Å². The summed E-state index contributed by atoms with van der Waals surface area (Å²) in [4.78, 5) is 21.9. The smallest absolute Gasteiger partial charge is 0.328 e. The minimum atomic E-state index is -3.92. The molecule has 0 aliphatic rings. The van der Waals surface area contributed by atoms with Crippen LogP contribution in [0, 0.1) is 26.7 Å². The first-order chi connectivity index (χ1) is 17.5. The van der Waals surface area contributed by atoms with Crippen LogP contribution in [0.25, 0.3) is 16.9 Å². The molecule has 0 saturated carbocycles. The first-order valence-corrected chi connectivity index (χ1v) is 13.8. The van der Waals surface area contributed by atoms with E-state index in [0.717, 1.165) is 51.5 Å². The van der Waals surface area contributed by atoms with Gasteiger partial charge in [-0.15, -0.1) is 0 Å². The second kappa shape index (κ2) is 10.7.